The normalized spacial score (nSPS) is 12.5. The summed E-state index contributed by atoms with van der Waals surface area (Å²) in [6.45, 7) is 3.92. The van der Waals surface area contributed by atoms with E-state index in [1.165, 1.54) is 11.3 Å². The summed E-state index contributed by atoms with van der Waals surface area (Å²) < 4.78 is 5.27. The van der Waals surface area contributed by atoms with E-state index in [4.69, 9.17) is 4.74 Å². The molecule has 1 aromatic carbocycles. The number of hydrogen-bond donors (Lipinski definition) is 1. The number of aliphatic hydroxyl groups excluding tert-OH is 1. The molecule has 0 radical (unpaired) electrons. The fourth-order valence-electron chi connectivity index (χ4n) is 1.72. The van der Waals surface area contributed by atoms with Crippen LogP contribution in [0, 0.1) is 13.8 Å². The molecule has 3 nitrogen and oxygen atoms in total. The Bertz CT molecular complexity index is 522. The van der Waals surface area contributed by atoms with Crippen LogP contribution in [0.25, 0.3) is 0 Å². The lowest BCUT2D eigenvalue weighted by atomic mass is 10.0. The van der Waals surface area contributed by atoms with Crippen LogP contribution in [0.3, 0.4) is 0 Å². The van der Waals surface area contributed by atoms with E-state index in [1.807, 2.05) is 32.0 Å². The number of methoxy groups -OCH3 is 1. The van der Waals surface area contributed by atoms with Gasteiger partial charge in [0.15, 0.2) is 0 Å². The van der Waals surface area contributed by atoms with Crippen LogP contribution in [0.2, 0.25) is 0 Å². The summed E-state index contributed by atoms with van der Waals surface area (Å²) in [6, 6.07) is 5.79. The van der Waals surface area contributed by atoms with Crippen LogP contribution in [0.1, 0.15) is 27.1 Å². The molecule has 2 aromatic rings. The van der Waals surface area contributed by atoms with E-state index in [0.29, 0.717) is 5.75 Å². The second-order valence-corrected chi connectivity index (χ2v) is 5.20. The largest absolute Gasteiger partial charge is 0.496 e. The highest BCUT2D eigenvalue weighted by Crippen LogP contribution is 2.33. The van der Waals surface area contributed by atoms with Crippen LogP contribution < -0.4 is 4.74 Å². The highest BCUT2D eigenvalue weighted by atomic mass is 32.1. The van der Waals surface area contributed by atoms with Crippen molar-refractivity contribution < 1.29 is 9.84 Å². The van der Waals surface area contributed by atoms with Crippen molar-refractivity contribution in [2.75, 3.05) is 7.11 Å². The molecule has 1 aromatic heterocycles. The molecule has 0 spiro atoms. The maximum atomic E-state index is 10.3. The molecular weight excluding hydrogens is 234 g/mol. The Kier molecular flexibility index (Phi) is 3.45. The molecule has 0 amide bonds. The Hall–Kier alpha value is -1.39. The minimum Gasteiger partial charge on any atom is -0.496 e. The number of aliphatic hydroxyl groups is 1. The number of hydrogen-bond acceptors (Lipinski definition) is 4. The van der Waals surface area contributed by atoms with Gasteiger partial charge in [0, 0.05) is 11.8 Å². The third-order valence-corrected chi connectivity index (χ3v) is 3.55. The van der Waals surface area contributed by atoms with Crippen LogP contribution in [0.4, 0.5) is 0 Å². The van der Waals surface area contributed by atoms with Gasteiger partial charge in [0.2, 0.25) is 0 Å². The lowest BCUT2D eigenvalue weighted by Gasteiger charge is -2.13. The first-order valence-corrected chi connectivity index (χ1v) is 6.18. The van der Waals surface area contributed by atoms with E-state index in [-0.39, 0.29) is 0 Å². The summed E-state index contributed by atoms with van der Waals surface area (Å²) >= 11 is 1.50. The van der Waals surface area contributed by atoms with Crippen molar-refractivity contribution in [3.63, 3.8) is 0 Å². The first-order chi connectivity index (χ1) is 8.11. The first-order valence-electron chi connectivity index (χ1n) is 5.36. The molecular formula is C13H15NO2S. The van der Waals surface area contributed by atoms with Gasteiger partial charge in [-0.15, -0.1) is 11.3 Å². The molecule has 17 heavy (non-hydrogen) atoms. The number of aromatic nitrogens is 1. The van der Waals surface area contributed by atoms with Crippen molar-refractivity contribution in [1.29, 1.82) is 0 Å². The number of rotatable bonds is 3. The monoisotopic (exact) mass is 249 g/mol. The van der Waals surface area contributed by atoms with Crippen LogP contribution in [-0.4, -0.2) is 17.2 Å². The van der Waals surface area contributed by atoms with Crippen LogP contribution in [0.15, 0.2) is 24.4 Å². The van der Waals surface area contributed by atoms with Crippen molar-refractivity contribution in [3.05, 3.63) is 45.4 Å². The lowest BCUT2D eigenvalue weighted by Crippen LogP contribution is -2.01. The van der Waals surface area contributed by atoms with Gasteiger partial charge < -0.3 is 9.84 Å². The molecule has 1 unspecified atom stereocenters. The summed E-state index contributed by atoms with van der Waals surface area (Å²) in [5.41, 5.74) is 1.89. The third-order valence-electron chi connectivity index (χ3n) is 2.59. The predicted molar refractivity (Wildman–Crippen MR) is 68.6 cm³/mol. The summed E-state index contributed by atoms with van der Waals surface area (Å²) in [4.78, 5) is 5.00. The van der Waals surface area contributed by atoms with Gasteiger partial charge in [-0.25, -0.2) is 4.98 Å². The van der Waals surface area contributed by atoms with Gasteiger partial charge in [0.05, 0.1) is 17.0 Å². The average molecular weight is 249 g/mol. The number of thiazole rings is 1. The highest BCUT2D eigenvalue weighted by molar-refractivity contribution is 7.11. The van der Waals surface area contributed by atoms with Gasteiger partial charge >= 0.3 is 0 Å². The molecule has 0 saturated carbocycles. The molecule has 0 aliphatic heterocycles. The molecule has 1 atom stereocenters. The van der Waals surface area contributed by atoms with Crippen molar-refractivity contribution in [2.45, 2.75) is 20.0 Å². The van der Waals surface area contributed by atoms with E-state index in [0.717, 1.165) is 21.0 Å². The Labute approximate surface area is 105 Å². The number of nitrogens with zero attached hydrogens (tertiary/aromatic N) is 1. The SMILES string of the molecule is COc1ccc(C)cc1C(O)c1cnc(C)s1. The standard InChI is InChI=1S/C13H15NO2S/c1-8-4-5-11(16-3)10(6-8)13(15)12-7-14-9(2)17-12/h4-7,13,15H,1-3H3. The summed E-state index contributed by atoms with van der Waals surface area (Å²) in [5, 5.41) is 11.3. The van der Waals surface area contributed by atoms with Gasteiger partial charge in [0.25, 0.3) is 0 Å². The lowest BCUT2D eigenvalue weighted by molar-refractivity contribution is 0.218. The molecule has 2 rings (SSSR count). The Morgan fingerprint density at radius 3 is 2.71 bits per heavy atom. The predicted octanol–water partition coefficient (Wildman–Crippen LogP) is 2.85. The van der Waals surface area contributed by atoms with Crippen molar-refractivity contribution >= 4 is 11.3 Å². The number of ether oxygens (including phenoxy) is 1. The number of benzene rings is 1. The zero-order chi connectivity index (χ0) is 12.4. The fourth-order valence-corrected chi connectivity index (χ4v) is 2.52. The van der Waals surface area contributed by atoms with Crippen molar-refractivity contribution in [2.24, 2.45) is 0 Å². The summed E-state index contributed by atoms with van der Waals surface area (Å²) in [5.74, 6) is 0.703. The Balaban J connectivity index is 2.42. The average Bonchev–Trinajstić information content (AvgIpc) is 2.75. The molecule has 0 aliphatic carbocycles. The minimum atomic E-state index is -0.670. The third kappa shape index (κ3) is 2.48. The molecule has 1 N–H and O–H groups in total. The molecule has 0 saturated heterocycles. The first kappa shape index (κ1) is 12.1. The Morgan fingerprint density at radius 2 is 2.12 bits per heavy atom. The van der Waals surface area contributed by atoms with Gasteiger partial charge in [-0.05, 0) is 26.0 Å². The van der Waals surface area contributed by atoms with E-state index in [1.54, 1.807) is 13.3 Å². The van der Waals surface area contributed by atoms with Gasteiger partial charge in [0.1, 0.15) is 11.9 Å². The van der Waals surface area contributed by atoms with Crippen LogP contribution in [-0.2, 0) is 0 Å². The molecule has 1 heterocycles. The zero-order valence-corrected chi connectivity index (χ0v) is 10.9. The second-order valence-electron chi connectivity index (χ2n) is 3.93. The summed E-state index contributed by atoms with van der Waals surface area (Å²) in [7, 11) is 1.61. The molecule has 90 valence electrons. The fraction of sp³-hybridized carbons (Fsp3) is 0.308. The topological polar surface area (TPSA) is 42.4 Å². The van der Waals surface area contributed by atoms with E-state index >= 15 is 0 Å². The number of aryl methyl sites for hydroxylation is 2. The molecule has 0 fully saturated rings. The highest BCUT2D eigenvalue weighted by Gasteiger charge is 2.17. The molecule has 0 bridgehead atoms. The van der Waals surface area contributed by atoms with Gasteiger partial charge in [-0.2, -0.15) is 0 Å². The Morgan fingerprint density at radius 1 is 1.35 bits per heavy atom. The second kappa shape index (κ2) is 4.85. The van der Waals surface area contributed by atoms with Crippen molar-refractivity contribution in [1.82, 2.24) is 4.98 Å². The smallest absolute Gasteiger partial charge is 0.125 e. The maximum absolute atomic E-state index is 10.3. The minimum absolute atomic E-state index is 0.670. The maximum Gasteiger partial charge on any atom is 0.125 e. The van der Waals surface area contributed by atoms with Crippen LogP contribution in [0.5, 0.6) is 5.75 Å². The van der Waals surface area contributed by atoms with E-state index in [2.05, 4.69) is 4.98 Å². The van der Waals surface area contributed by atoms with Gasteiger partial charge in [-0.3, -0.25) is 0 Å². The molecule has 0 aliphatic rings. The molecule has 4 heteroatoms. The van der Waals surface area contributed by atoms with Gasteiger partial charge in [-0.1, -0.05) is 11.6 Å². The summed E-state index contributed by atoms with van der Waals surface area (Å²) in [6.07, 6.45) is 1.04. The van der Waals surface area contributed by atoms with E-state index in [9.17, 15) is 5.11 Å². The van der Waals surface area contributed by atoms with E-state index < -0.39 is 6.10 Å². The van der Waals surface area contributed by atoms with Crippen molar-refractivity contribution in [3.8, 4) is 5.75 Å². The zero-order valence-electron chi connectivity index (χ0n) is 10.1. The van der Waals surface area contributed by atoms with Crippen LogP contribution >= 0.6 is 11.3 Å². The quantitative estimate of drug-likeness (QED) is 0.909.